The Hall–Kier alpha value is -1.14. The molecule has 0 unspecified atom stereocenters. The summed E-state index contributed by atoms with van der Waals surface area (Å²) in [5.74, 6) is -2.38. The third-order valence-corrected chi connectivity index (χ3v) is 2.93. The molecule has 0 fully saturated rings. The van der Waals surface area contributed by atoms with Gasteiger partial charge in [-0.1, -0.05) is 0 Å². The zero-order chi connectivity index (χ0) is 15.3. The number of amides is 2. The third-order valence-electron chi connectivity index (χ3n) is 2.93. The van der Waals surface area contributed by atoms with Crippen LogP contribution in [0.5, 0.6) is 0 Å². The first-order valence-electron chi connectivity index (χ1n) is 6.39. The normalized spacial score (nSPS) is 12.7. The summed E-state index contributed by atoms with van der Waals surface area (Å²) >= 11 is 0. The summed E-state index contributed by atoms with van der Waals surface area (Å²) in [5, 5.41) is 9.58. The van der Waals surface area contributed by atoms with Crippen molar-refractivity contribution in [1.82, 2.24) is 0 Å². The molecule has 0 aliphatic carbocycles. The van der Waals surface area contributed by atoms with Gasteiger partial charge in [0.1, 0.15) is 5.92 Å². The Kier molecular flexibility index (Phi) is 6.45. The van der Waals surface area contributed by atoms with Crippen LogP contribution in [0.15, 0.2) is 0 Å². The van der Waals surface area contributed by atoms with Crippen molar-refractivity contribution in [3.05, 3.63) is 0 Å². The molecular weight excluding hydrogens is 248 g/mol. The predicted octanol–water partition coefficient (Wildman–Crippen LogP) is 0.310. The Morgan fingerprint density at radius 1 is 1.11 bits per heavy atom. The number of carbonyl (C=O) groups excluding carboxylic acids is 2. The fourth-order valence-corrected chi connectivity index (χ4v) is 1.57. The standard InChI is InChI=1S/C13H26N2O4/c1-12(2,18)7-8-19-13(3,4)6-5-9(10(14)16)11(15)17/h9,18H,5-8H2,1-4H3,(H2,14,16)(H2,15,17). The van der Waals surface area contributed by atoms with E-state index in [0.717, 1.165) is 0 Å². The molecule has 6 nitrogen and oxygen atoms in total. The second-order valence-corrected chi connectivity index (χ2v) is 6.07. The van der Waals surface area contributed by atoms with Gasteiger partial charge in [0.25, 0.3) is 0 Å². The molecule has 0 aliphatic rings. The van der Waals surface area contributed by atoms with Crippen LogP contribution >= 0.6 is 0 Å². The average Bonchev–Trinajstić information content (AvgIpc) is 2.13. The minimum Gasteiger partial charge on any atom is -0.390 e. The van der Waals surface area contributed by atoms with Crippen molar-refractivity contribution < 1.29 is 19.4 Å². The lowest BCUT2D eigenvalue weighted by Crippen LogP contribution is -2.37. The van der Waals surface area contributed by atoms with E-state index in [1.54, 1.807) is 13.8 Å². The molecule has 5 N–H and O–H groups in total. The van der Waals surface area contributed by atoms with Crippen LogP contribution < -0.4 is 11.5 Å². The van der Waals surface area contributed by atoms with E-state index in [4.69, 9.17) is 16.2 Å². The summed E-state index contributed by atoms with van der Waals surface area (Å²) in [6.45, 7) is 7.53. The van der Waals surface area contributed by atoms with E-state index >= 15 is 0 Å². The van der Waals surface area contributed by atoms with Crippen LogP contribution in [0.4, 0.5) is 0 Å². The molecule has 0 rings (SSSR count). The molecule has 0 radical (unpaired) electrons. The van der Waals surface area contributed by atoms with Gasteiger partial charge >= 0.3 is 0 Å². The predicted molar refractivity (Wildman–Crippen MR) is 72.1 cm³/mol. The van der Waals surface area contributed by atoms with Crippen LogP contribution in [0.2, 0.25) is 0 Å². The van der Waals surface area contributed by atoms with Crippen molar-refractivity contribution in [2.24, 2.45) is 17.4 Å². The molecule has 0 aromatic rings. The molecule has 0 atom stereocenters. The topological polar surface area (TPSA) is 116 Å². The fourth-order valence-electron chi connectivity index (χ4n) is 1.57. The SMILES string of the molecule is CC(C)(O)CCOC(C)(C)CCC(C(N)=O)C(N)=O. The summed E-state index contributed by atoms with van der Waals surface area (Å²) in [4.78, 5) is 22.1. The number of rotatable bonds is 9. The third kappa shape index (κ3) is 8.56. The van der Waals surface area contributed by atoms with Gasteiger partial charge in [0, 0.05) is 0 Å². The van der Waals surface area contributed by atoms with Gasteiger partial charge in [-0.25, -0.2) is 0 Å². The van der Waals surface area contributed by atoms with Crippen LogP contribution in [-0.2, 0) is 14.3 Å². The Morgan fingerprint density at radius 3 is 1.95 bits per heavy atom. The minimum atomic E-state index is -0.961. The van der Waals surface area contributed by atoms with Gasteiger partial charge < -0.3 is 21.3 Å². The molecule has 112 valence electrons. The second-order valence-electron chi connectivity index (χ2n) is 6.07. The van der Waals surface area contributed by atoms with E-state index in [-0.39, 0.29) is 6.42 Å². The van der Waals surface area contributed by atoms with Gasteiger partial charge in [-0.2, -0.15) is 0 Å². The summed E-state index contributed by atoms with van der Waals surface area (Å²) in [6, 6.07) is 0. The van der Waals surface area contributed by atoms with Gasteiger partial charge in [0.15, 0.2) is 0 Å². The highest BCUT2D eigenvalue weighted by Crippen LogP contribution is 2.21. The smallest absolute Gasteiger partial charge is 0.229 e. The molecule has 0 bridgehead atoms. The number of hydrogen-bond donors (Lipinski definition) is 3. The molecule has 0 aliphatic heterocycles. The monoisotopic (exact) mass is 274 g/mol. The van der Waals surface area contributed by atoms with Crippen LogP contribution in [0.1, 0.15) is 47.0 Å². The number of aliphatic hydroxyl groups is 1. The lowest BCUT2D eigenvalue weighted by atomic mass is 9.93. The maximum absolute atomic E-state index is 11.1. The molecular formula is C13H26N2O4. The Labute approximate surface area is 114 Å². The van der Waals surface area contributed by atoms with Crippen molar-refractivity contribution in [2.45, 2.75) is 58.2 Å². The Balaban J connectivity index is 4.22. The first-order chi connectivity index (χ1) is 8.44. The molecule has 19 heavy (non-hydrogen) atoms. The number of ether oxygens (including phenoxy) is 1. The summed E-state index contributed by atoms with van der Waals surface area (Å²) in [6.07, 6.45) is 1.25. The highest BCUT2D eigenvalue weighted by Gasteiger charge is 2.27. The van der Waals surface area contributed by atoms with Gasteiger partial charge in [-0.3, -0.25) is 9.59 Å². The van der Waals surface area contributed by atoms with E-state index in [1.165, 1.54) is 0 Å². The molecule has 0 heterocycles. The van der Waals surface area contributed by atoms with Gasteiger partial charge in [0.2, 0.25) is 11.8 Å². The Morgan fingerprint density at radius 2 is 1.58 bits per heavy atom. The number of primary amides is 2. The lowest BCUT2D eigenvalue weighted by Gasteiger charge is -2.28. The average molecular weight is 274 g/mol. The first-order valence-corrected chi connectivity index (χ1v) is 6.39. The molecule has 0 aromatic heterocycles. The van der Waals surface area contributed by atoms with E-state index < -0.39 is 28.9 Å². The maximum Gasteiger partial charge on any atom is 0.229 e. The van der Waals surface area contributed by atoms with E-state index in [0.29, 0.717) is 19.4 Å². The Bertz CT molecular complexity index is 307. The van der Waals surface area contributed by atoms with Crippen molar-refractivity contribution in [3.8, 4) is 0 Å². The minimum absolute atomic E-state index is 0.264. The summed E-state index contributed by atoms with van der Waals surface area (Å²) < 4.78 is 5.65. The quantitative estimate of drug-likeness (QED) is 0.525. The van der Waals surface area contributed by atoms with E-state index in [1.807, 2.05) is 13.8 Å². The fraction of sp³-hybridized carbons (Fsp3) is 0.846. The van der Waals surface area contributed by atoms with Crippen molar-refractivity contribution >= 4 is 11.8 Å². The highest BCUT2D eigenvalue weighted by molar-refractivity contribution is 5.98. The molecule has 0 saturated heterocycles. The van der Waals surface area contributed by atoms with Crippen molar-refractivity contribution in [3.63, 3.8) is 0 Å². The van der Waals surface area contributed by atoms with E-state index in [9.17, 15) is 14.7 Å². The van der Waals surface area contributed by atoms with Gasteiger partial charge in [0.05, 0.1) is 17.8 Å². The maximum atomic E-state index is 11.1. The summed E-state index contributed by atoms with van der Waals surface area (Å²) in [5.41, 5.74) is 8.94. The van der Waals surface area contributed by atoms with E-state index in [2.05, 4.69) is 0 Å². The molecule has 6 heteroatoms. The molecule has 2 amide bonds. The van der Waals surface area contributed by atoms with Crippen LogP contribution in [0.25, 0.3) is 0 Å². The molecule has 0 saturated carbocycles. The molecule has 0 spiro atoms. The summed E-state index contributed by atoms with van der Waals surface area (Å²) in [7, 11) is 0. The van der Waals surface area contributed by atoms with Crippen LogP contribution in [-0.4, -0.2) is 34.7 Å². The second kappa shape index (κ2) is 6.86. The number of carbonyl (C=O) groups is 2. The lowest BCUT2D eigenvalue weighted by molar-refractivity contribution is -0.132. The van der Waals surface area contributed by atoms with Gasteiger partial charge in [-0.05, 0) is 47.0 Å². The zero-order valence-corrected chi connectivity index (χ0v) is 12.2. The zero-order valence-electron chi connectivity index (χ0n) is 12.2. The van der Waals surface area contributed by atoms with Gasteiger partial charge in [-0.15, -0.1) is 0 Å². The highest BCUT2D eigenvalue weighted by atomic mass is 16.5. The largest absolute Gasteiger partial charge is 0.390 e. The number of hydrogen-bond acceptors (Lipinski definition) is 4. The van der Waals surface area contributed by atoms with Crippen molar-refractivity contribution in [1.29, 1.82) is 0 Å². The molecule has 0 aromatic carbocycles. The van der Waals surface area contributed by atoms with Crippen LogP contribution in [0.3, 0.4) is 0 Å². The first kappa shape index (κ1) is 17.9. The number of nitrogens with two attached hydrogens (primary N) is 2. The van der Waals surface area contributed by atoms with Crippen molar-refractivity contribution in [2.75, 3.05) is 6.61 Å². The van der Waals surface area contributed by atoms with Crippen LogP contribution in [0, 0.1) is 5.92 Å².